The van der Waals surface area contributed by atoms with Crippen LogP contribution >= 0.6 is 0 Å². The van der Waals surface area contributed by atoms with Crippen molar-refractivity contribution in [3.8, 4) is 22.4 Å². The van der Waals surface area contributed by atoms with E-state index < -0.39 is 0 Å². The molecule has 5 nitrogen and oxygen atoms in total. The normalized spacial score (nSPS) is 14.2. The quantitative estimate of drug-likeness (QED) is 0.433. The third kappa shape index (κ3) is 3.82. The van der Waals surface area contributed by atoms with Gasteiger partial charge in [-0.15, -0.1) is 0 Å². The van der Waals surface area contributed by atoms with Crippen LogP contribution in [0.4, 0.5) is 5.95 Å². The molecule has 0 unspecified atom stereocenters. The van der Waals surface area contributed by atoms with Crippen molar-refractivity contribution in [2.45, 2.75) is 24.8 Å². The maximum atomic E-state index is 13.0. The van der Waals surface area contributed by atoms with Gasteiger partial charge in [-0.05, 0) is 40.7 Å². The van der Waals surface area contributed by atoms with Gasteiger partial charge in [0.05, 0.1) is 17.3 Å². The number of nitrogen functional groups attached to an aromatic ring is 1. The van der Waals surface area contributed by atoms with Gasteiger partial charge in [-0.3, -0.25) is 4.79 Å². The number of nitrogens with one attached hydrogen (secondary N) is 2. The summed E-state index contributed by atoms with van der Waals surface area (Å²) in [6, 6.07) is 26.7. The molecule has 0 saturated heterocycles. The second-order valence-corrected chi connectivity index (χ2v) is 8.09. The van der Waals surface area contributed by atoms with Crippen LogP contribution in [0.15, 0.2) is 85.1 Å². The number of carbonyl (C=O) groups is 1. The highest BCUT2D eigenvalue weighted by atomic mass is 16.2. The number of nitrogens with two attached hydrogens (primary N) is 1. The first kappa shape index (κ1) is 19.1. The van der Waals surface area contributed by atoms with Crippen LogP contribution in [0.3, 0.4) is 0 Å². The van der Waals surface area contributed by atoms with Crippen LogP contribution in [0.25, 0.3) is 22.4 Å². The SMILES string of the molecule is Nc1ncc(-c2ccc(CNC(=O)C3(c4ccc(-c5ccccc5)cc4)CC3)cc2)[nH]1. The number of anilines is 1. The van der Waals surface area contributed by atoms with E-state index in [1.165, 1.54) is 11.1 Å². The van der Waals surface area contributed by atoms with Gasteiger partial charge in [0.15, 0.2) is 5.95 Å². The molecule has 0 aliphatic heterocycles. The van der Waals surface area contributed by atoms with Crippen LogP contribution in [-0.2, 0) is 16.8 Å². The lowest BCUT2D eigenvalue weighted by Gasteiger charge is -2.16. The minimum Gasteiger partial charge on any atom is -0.369 e. The van der Waals surface area contributed by atoms with Gasteiger partial charge in [0.1, 0.15) is 0 Å². The molecule has 1 saturated carbocycles. The molecule has 31 heavy (non-hydrogen) atoms. The molecule has 5 rings (SSSR count). The average molecular weight is 409 g/mol. The van der Waals surface area contributed by atoms with Crippen molar-refractivity contribution in [2.24, 2.45) is 0 Å². The van der Waals surface area contributed by atoms with Crippen LogP contribution in [0.5, 0.6) is 0 Å². The first-order chi connectivity index (χ1) is 15.1. The van der Waals surface area contributed by atoms with E-state index >= 15 is 0 Å². The van der Waals surface area contributed by atoms with Crippen LogP contribution in [-0.4, -0.2) is 15.9 Å². The molecule has 0 spiro atoms. The minimum atomic E-state index is -0.386. The number of hydrogen-bond acceptors (Lipinski definition) is 3. The predicted molar refractivity (Wildman–Crippen MR) is 123 cm³/mol. The van der Waals surface area contributed by atoms with Crippen molar-refractivity contribution in [1.29, 1.82) is 0 Å². The van der Waals surface area contributed by atoms with Gasteiger partial charge in [-0.25, -0.2) is 4.98 Å². The average Bonchev–Trinajstić information content (AvgIpc) is 3.53. The topological polar surface area (TPSA) is 83.8 Å². The summed E-state index contributed by atoms with van der Waals surface area (Å²) in [5, 5.41) is 3.13. The Labute approximate surface area is 181 Å². The highest BCUT2D eigenvalue weighted by Crippen LogP contribution is 2.48. The number of carbonyl (C=O) groups excluding carboxylic acids is 1. The van der Waals surface area contributed by atoms with Gasteiger partial charge >= 0.3 is 0 Å². The highest BCUT2D eigenvalue weighted by Gasteiger charge is 2.51. The van der Waals surface area contributed by atoms with E-state index in [1.807, 2.05) is 42.5 Å². The van der Waals surface area contributed by atoms with Crippen molar-refractivity contribution >= 4 is 11.9 Å². The second kappa shape index (κ2) is 7.76. The number of H-pyrrole nitrogens is 1. The van der Waals surface area contributed by atoms with Crippen molar-refractivity contribution in [1.82, 2.24) is 15.3 Å². The van der Waals surface area contributed by atoms with Crippen LogP contribution in [0, 0.1) is 0 Å². The van der Waals surface area contributed by atoms with Crippen LogP contribution in [0.2, 0.25) is 0 Å². The molecule has 4 aromatic rings. The number of aromatic nitrogens is 2. The summed E-state index contributed by atoms with van der Waals surface area (Å²) in [6.45, 7) is 0.508. The lowest BCUT2D eigenvalue weighted by molar-refractivity contribution is -0.123. The Hall–Kier alpha value is -3.86. The molecule has 0 radical (unpaired) electrons. The Balaban J connectivity index is 1.24. The first-order valence-electron chi connectivity index (χ1n) is 10.5. The maximum Gasteiger partial charge on any atom is 0.230 e. The zero-order valence-electron chi connectivity index (χ0n) is 17.1. The van der Waals surface area contributed by atoms with E-state index in [4.69, 9.17) is 5.73 Å². The molecule has 1 heterocycles. The Morgan fingerprint density at radius 2 is 1.55 bits per heavy atom. The molecule has 4 N–H and O–H groups in total. The van der Waals surface area contributed by atoms with E-state index in [0.717, 1.165) is 35.2 Å². The van der Waals surface area contributed by atoms with Gasteiger partial charge in [-0.2, -0.15) is 0 Å². The smallest absolute Gasteiger partial charge is 0.230 e. The van der Waals surface area contributed by atoms with E-state index in [9.17, 15) is 4.79 Å². The second-order valence-electron chi connectivity index (χ2n) is 8.09. The van der Waals surface area contributed by atoms with E-state index in [1.54, 1.807) is 6.20 Å². The Bertz CT molecular complexity index is 1190. The number of hydrogen-bond donors (Lipinski definition) is 3. The molecular weight excluding hydrogens is 384 g/mol. The van der Waals surface area contributed by atoms with E-state index in [2.05, 4.69) is 51.7 Å². The summed E-state index contributed by atoms with van der Waals surface area (Å²) in [6.07, 6.45) is 3.50. The standard InChI is InChI=1S/C26H24N4O/c27-25-29-17-23(30-25)21-8-6-18(7-9-21)16-28-24(31)26(14-15-26)22-12-10-20(11-13-22)19-4-2-1-3-5-19/h1-13,17H,14-16H2,(H,28,31)(H3,27,29,30). The lowest BCUT2D eigenvalue weighted by atomic mass is 9.92. The molecule has 1 aliphatic carbocycles. The van der Waals surface area contributed by atoms with Gasteiger partial charge in [-0.1, -0.05) is 78.9 Å². The highest BCUT2D eigenvalue weighted by molar-refractivity contribution is 5.91. The maximum absolute atomic E-state index is 13.0. The van der Waals surface area contributed by atoms with E-state index in [-0.39, 0.29) is 11.3 Å². The van der Waals surface area contributed by atoms with E-state index in [0.29, 0.717) is 12.5 Å². The summed E-state index contributed by atoms with van der Waals surface area (Å²) in [5.41, 5.74) is 11.6. The number of benzene rings is 3. The molecule has 1 fully saturated rings. The summed E-state index contributed by atoms with van der Waals surface area (Å²) in [5.74, 6) is 0.503. The Morgan fingerprint density at radius 3 is 2.16 bits per heavy atom. The number of aromatic amines is 1. The predicted octanol–water partition coefficient (Wildman–Crippen LogP) is 4.67. The molecular formula is C26H24N4O. The largest absolute Gasteiger partial charge is 0.369 e. The molecule has 1 aromatic heterocycles. The van der Waals surface area contributed by atoms with Crippen molar-refractivity contribution in [3.05, 3.63) is 96.2 Å². The number of imidazole rings is 1. The number of rotatable bonds is 6. The Morgan fingerprint density at radius 1 is 0.903 bits per heavy atom. The monoisotopic (exact) mass is 408 g/mol. The van der Waals surface area contributed by atoms with Crippen molar-refractivity contribution in [3.63, 3.8) is 0 Å². The molecule has 1 amide bonds. The fraction of sp³-hybridized carbons (Fsp3) is 0.154. The fourth-order valence-electron chi connectivity index (χ4n) is 4.02. The minimum absolute atomic E-state index is 0.102. The number of amides is 1. The van der Waals surface area contributed by atoms with Gasteiger partial charge in [0.25, 0.3) is 0 Å². The molecule has 5 heteroatoms. The zero-order valence-corrected chi connectivity index (χ0v) is 17.1. The van der Waals surface area contributed by atoms with Crippen LogP contribution in [0.1, 0.15) is 24.0 Å². The van der Waals surface area contributed by atoms with Gasteiger partial charge < -0.3 is 16.0 Å². The summed E-state index contributed by atoms with van der Waals surface area (Å²) in [7, 11) is 0. The molecule has 0 bridgehead atoms. The zero-order chi connectivity index (χ0) is 21.3. The third-order valence-corrected chi connectivity index (χ3v) is 6.04. The lowest BCUT2D eigenvalue weighted by Crippen LogP contribution is -2.34. The summed E-state index contributed by atoms with van der Waals surface area (Å²) in [4.78, 5) is 20.1. The third-order valence-electron chi connectivity index (χ3n) is 6.04. The van der Waals surface area contributed by atoms with Gasteiger partial charge in [0.2, 0.25) is 5.91 Å². The number of nitrogens with zero attached hydrogens (tertiary/aromatic N) is 1. The van der Waals surface area contributed by atoms with Crippen molar-refractivity contribution in [2.75, 3.05) is 5.73 Å². The molecule has 3 aromatic carbocycles. The summed E-state index contributed by atoms with van der Waals surface area (Å²) < 4.78 is 0. The molecule has 154 valence electrons. The molecule has 0 atom stereocenters. The van der Waals surface area contributed by atoms with Gasteiger partial charge in [0, 0.05) is 6.54 Å². The molecule has 1 aliphatic rings. The fourth-order valence-corrected chi connectivity index (χ4v) is 4.02. The van der Waals surface area contributed by atoms with Crippen LogP contribution < -0.4 is 11.1 Å². The Kier molecular flexibility index (Phi) is 4.79. The summed E-state index contributed by atoms with van der Waals surface area (Å²) >= 11 is 0. The first-order valence-corrected chi connectivity index (χ1v) is 10.5. The van der Waals surface area contributed by atoms with Crippen molar-refractivity contribution < 1.29 is 4.79 Å².